The van der Waals surface area contributed by atoms with Gasteiger partial charge in [0, 0.05) is 24.8 Å². The van der Waals surface area contributed by atoms with Gasteiger partial charge in [-0.05, 0) is 12.8 Å². The van der Waals surface area contributed by atoms with Crippen molar-refractivity contribution >= 4 is 15.9 Å². The highest BCUT2D eigenvalue weighted by molar-refractivity contribution is 7.88. The van der Waals surface area contributed by atoms with Gasteiger partial charge in [-0.15, -0.1) is 0 Å². The maximum Gasteiger partial charge on any atom is 0.238 e. The number of hydrogen-bond donors (Lipinski definition) is 2. The van der Waals surface area contributed by atoms with E-state index in [0.717, 1.165) is 24.7 Å². The molecule has 106 valence electrons. The average Bonchev–Trinajstić information content (AvgIpc) is 2.88. The van der Waals surface area contributed by atoms with Gasteiger partial charge >= 0.3 is 0 Å². The van der Waals surface area contributed by atoms with Crippen LogP contribution in [0, 0.1) is 0 Å². The van der Waals surface area contributed by atoms with Crippen LogP contribution in [0.1, 0.15) is 24.8 Å². The molecule has 0 aromatic carbocycles. The van der Waals surface area contributed by atoms with Crippen molar-refractivity contribution in [2.24, 2.45) is 0 Å². The molecule has 1 unspecified atom stereocenters. The first-order chi connectivity index (χ1) is 8.98. The molecule has 0 aliphatic carbocycles. The second-order valence-corrected chi connectivity index (χ2v) is 6.64. The quantitative estimate of drug-likeness (QED) is 0.804. The summed E-state index contributed by atoms with van der Waals surface area (Å²) in [4.78, 5) is 12.1. The van der Waals surface area contributed by atoms with Gasteiger partial charge in [0.1, 0.15) is 6.04 Å². The molecule has 1 aliphatic rings. The van der Waals surface area contributed by atoms with E-state index >= 15 is 0 Å². The zero-order valence-corrected chi connectivity index (χ0v) is 11.6. The molecule has 1 aromatic heterocycles. The molecule has 7 nitrogen and oxygen atoms in total. The van der Waals surface area contributed by atoms with Gasteiger partial charge in [0.25, 0.3) is 0 Å². The van der Waals surface area contributed by atoms with Gasteiger partial charge in [-0.25, -0.2) is 8.42 Å². The van der Waals surface area contributed by atoms with Gasteiger partial charge in [0.15, 0.2) is 0 Å². The number of carbonyl (C=O) groups excluding carboxylic acids is 1. The summed E-state index contributed by atoms with van der Waals surface area (Å²) in [7, 11) is -3.34. The lowest BCUT2D eigenvalue weighted by atomic mass is 10.0. The Morgan fingerprint density at radius 3 is 3.00 bits per heavy atom. The number of nitrogens with one attached hydrogen (secondary N) is 2. The van der Waals surface area contributed by atoms with E-state index < -0.39 is 16.1 Å². The molecule has 2 heterocycles. The number of H-pyrrole nitrogens is 1. The lowest BCUT2D eigenvalue weighted by molar-refractivity contribution is -0.125. The lowest BCUT2D eigenvalue weighted by Gasteiger charge is -2.32. The van der Waals surface area contributed by atoms with Crippen molar-refractivity contribution < 1.29 is 13.2 Å². The zero-order chi connectivity index (χ0) is 13.9. The lowest BCUT2D eigenvalue weighted by Crippen LogP contribution is -2.51. The first kappa shape index (κ1) is 14.0. The summed E-state index contributed by atoms with van der Waals surface area (Å²) in [5, 5.41) is 9.19. The molecular weight excluding hydrogens is 268 g/mol. The van der Waals surface area contributed by atoms with Crippen molar-refractivity contribution in [2.75, 3.05) is 12.8 Å². The van der Waals surface area contributed by atoms with Crippen LogP contribution in [0.5, 0.6) is 0 Å². The largest absolute Gasteiger partial charge is 0.351 e. The molecule has 0 bridgehead atoms. The molecular formula is C11H18N4O3S. The molecule has 1 fully saturated rings. The highest BCUT2D eigenvalue weighted by atomic mass is 32.2. The summed E-state index contributed by atoms with van der Waals surface area (Å²) in [5.74, 6) is -0.244. The Labute approximate surface area is 112 Å². The van der Waals surface area contributed by atoms with E-state index in [0.29, 0.717) is 19.5 Å². The second kappa shape index (κ2) is 5.70. The maximum atomic E-state index is 12.1. The summed E-state index contributed by atoms with van der Waals surface area (Å²) in [6.07, 6.45) is 6.71. The van der Waals surface area contributed by atoms with Gasteiger partial charge in [-0.3, -0.25) is 9.89 Å². The molecule has 2 N–H and O–H groups in total. The standard InChI is InChI=1S/C11H18N4O3S/c1-19(17,18)15-5-3-2-4-10(15)11(16)12-6-9-7-13-14-8-9/h7-8,10H,2-6H2,1H3,(H,12,16)(H,13,14). The van der Waals surface area contributed by atoms with Gasteiger partial charge in [-0.1, -0.05) is 6.42 Å². The Bertz CT molecular complexity index is 526. The molecule has 2 rings (SSSR count). The molecule has 1 aliphatic heterocycles. The van der Waals surface area contributed by atoms with Crippen LogP contribution in [-0.4, -0.2) is 47.7 Å². The minimum atomic E-state index is -3.34. The molecule has 0 saturated carbocycles. The number of rotatable bonds is 4. The molecule has 1 atom stereocenters. The molecule has 1 aromatic rings. The number of piperidine rings is 1. The van der Waals surface area contributed by atoms with Crippen molar-refractivity contribution in [3.63, 3.8) is 0 Å². The number of sulfonamides is 1. The van der Waals surface area contributed by atoms with Crippen molar-refractivity contribution in [3.05, 3.63) is 18.0 Å². The predicted molar refractivity (Wildman–Crippen MR) is 69.6 cm³/mol. The minimum absolute atomic E-state index is 0.244. The number of amides is 1. The monoisotopic (exact) mass is 286 g/mol. The molecule has 19 heavy (non-hydrogen) atoms. The van der Waals surface area contributed by atoms with Crippen LogP contribution < -0.4 is 5.32 Å². The van der Waals surface area contributed by atoms with E-state index in [1.807, 2.05) is 0 Å². The summed E-state index contributed by atoms with van der Waals surface area (Å²) >= 11 is 0. The SMILES string of the molecule is CS(=O)(=O)N1CCCCC1C(=O)NCc1cn[nH]c1. The van der Waals surface area contributed by atoms with E-state index in [-0.39, 0.29) is 5.91 Å². The Morgan fingerprint density at radius 1 is 1.58 bits per heavy atom. The minimum Gasteiger partial charge on any atom is -0.351 e. The van der Waals surface area contributed by atoms with E-state index in [4.69, 9.17) is 0 Å². The van der Waals surface area contributed by atoms with Gasteiger partial charge < -0.3 is 5.32 Å². The van der Waals surface area contributed by atoms with Crippen LogP contribution in [0.2, 0.25) is 0 Å². The first-order valence-corrected chi connectivity index (χ1v) is 8.05. The first-order valence-electron chi connectivity index (χ1n) is 6.20. The normalized spacial score (nSPS) is 21.2. The Morgan fingerprint density at radius 2 is 2.37 bits per heavy atom. The number of aromatic nitrogens is 2. The van der Waals surface area contributed by atoms with Crippen LogP contribution in [-0.2, 0) is 21.4 Å². The Balaban J connectivity index is 1.99. The second-order valence-electron chi connectivity index (χ2n) is 4.71. The number of carbonyl (C=O) groups is 1. The number of aromatic amines is 1. The molecule has 1 amide bonds. The molecule has 0 radical (unpaired) electrons. The smallest absolute Gasteiger partial charge is 0.238 e. The Hall–Kier alpha value is -1.41. The highest BCUT2D eigenvalue weighted by Gasteiger charge is 2.34. The fourth-order valence-corrected chi connectivity index (χ4v) is 3.37. The molecule has 0 spiro atoms. The fraction of sp³-hybridized carbons (Fsp3) is 0.636. The summed E-state index contributed by atoms with van der Waals surface area (Å²) in [6.45, 7) is 0.770. The molecule has 1 saturated heterocycles. The van der Waals surface area contributed by atoms with E-state index in [1.54, 1.807) is 12.4 Å². The van der Waals surface area contributed by atoms with Crippen LogP contribution in [0.25, 0.3) is 0 Å². The van der Waals surface area contributed by atoms with E-state index in [2.05, 4.69) is 15.5 Å². The van der Waals surface area contributed by atoms with Crippen LogP contribution in [0.3, 0.4) is 0 Å². The topological polar surface area (TPSA) is 95.2 Å². The Kier molecular flexibility index (Phi) is 4.20. The maximum absolute atomic E-state index is 12.1. The van der Waals surface area contributed by atoms with Crippen LogP contribution in [0.15, 0.2) is 12.4 Å². The van der Waals surface area contributed by atoms with Gasteiger partial charge in [0.2, 0.25) is 15.9 Å². The third kappa shape index (κ3) is 3.54. The van der Waals surface area contributed by atoms with Crippen LogP contribution in [0.4, 0.5) is 0 Å². The van der Waals surface area contributed by atoms with Crippen LogP contribution >= 0.6 is 0 Å². The summed E-state index contributed by atoms with van der Waals surface area (Å²) in [5.41, 5.74) is 0.857. The van der Waals surface area contributed by atoms with E-state index in [9.17, 15) is 13.2 Å². The zero-order valence-electron chi connectivity index (χ0n) is 10.8. The molecule has 8 heteroatoms. The number of hydrogen-bond acceptors (Lipinski definition) is 4. The fourth-order valence-electron chi connectivity index (χ4n) is 2.25. The summed E-state index contributed by atoms with van der Waals surface area (Å²) in [6, 6.07) is -0.587. The third-order valence-corrected chi connectivity index (χ3v) is 4.49. The highest BCUT2D eigenvalue weighted by Crippen LogP contribution is 2.20. The summed E-state index contributed by atoms with van der Waals surface area (Å²) < 4.78 is 24.6. The number of nitrogens with zero attached hydrogens (tertiary/aromatic N) is 2. The van der Waals surface area contributed by atoms with Crippen molar-refractivity contribution in [1.82, 2.24) is 19.8 Å². The van der Waals surface area contributed by atoms with E-state index in [1.165, 1.54) is 4.31 Å². The van der Waals surface area contributed by atoms with Crippen molar-refractivity contribution in [3.8, 4) is 0 Å². The third-order valence-electron chi connectivity index (χ3n) is 3.20. The van der Waals surface area contributed by atoms with Crippen molar-refractivity contribution in [2.45, 2.75) is 31.8 Å². The van der Waals surface area contributed by atoms with Crippen molar-refractivity contribution in [1.29, 1.82) is 0 Å². The van der Waals surface area contributed by atoms with Gasteiger partial charge in [-0.2, -0.15) is 9.40 Å². The van der Waals surface area contributed by atoms with Gasteiger partial charge in [0.05, 0.1) is 12.5 Å². The predicted octanol–water partition coefficient (Wildman–Crippen LogP) is -0.160. The average molecular weight is 286 g/mol.